The molecule has 37 heavy (non-hydrogen) atoms. The molecule has 2 aromatic carbocycles. The van der Waals surface area contributed by atoms with Crippen molar-refractivity contribution in [2.75, 3.05) is 45.6 Å². The predicted molar refractivity (Wildman–Crippen MR) is 140 cm³/mol. The Kier molecular flexibility index (Phi) is 7.82. The maximum absolute atomic E-state index is 13.2. The number of amides is 3. The summed E-state index contributed by atoms with van der Waals surface area (Å²) in [5.41, 5.74) is 3.73. The van der Waals surface area contributed by atoms with Gasteiger partial charge in [-0.2, -0.15) is 22.7 Å². The first kappa shape index (κ1) is 26.6. The van der Waals surface area contributed by atoms with Gasteiger partial charge in [-0.3, -0.25) is 4.79 Å². The number of anilines is 1. The van der Waals surface area contributed by atoms with Gasteiger partial charge in [0.15, 0.2) is 0 Å². The highest BCUT2D eigenvalue weighted by Crippen LogP contribution is 2.29. The molecule has 3 amide bonds. The molecular weight excluding hydrogens is 492 g/mol. The second-order valence-electron chi connectivity index (χ2n) is 9.77. The molecule has 2 aromatic rings. The highest BCUT2D eigenvalue weighted by Gasteiger charge is 2.34. The Bertz CT molecular complexity index is 1310. The number of likely N-dealkylation sites (tertiary alicyclic amines) is 2. The van der Waals surface area contributed by atoms with E-state index in [2.05, 4.69) is 16.1 Å². The van der Waals surface area contributed by atoms with Gasteiger partial charge in [-0.1, -0.05) is 18.2 Å². The first-order valence-electron chi connectivity index (χ1n) is 12.2. The lowest BCUT2D eigenvalue weighted by molar-refractivity contribution is 0.0713. The van der Waals surface area contributed by atoms with Crippen molar-refractivity contribution in [1.82, 2.24) is 18.8 Å². The lowest BCUT2D eigenvalue weighted by Crippen LogP contribution is -2.62. The zero-order valence-corrected chi connectivity index (χ0v) is 22.1. The minimum absolute atomic E-state index is 0.0733. The molecule has 0 atom stereocenters. The Morgan fingerprint density at radius 2 is 1.68 bits per heavy atom. The zero-order chi connectivity index (χ0) is 26.7. The van der Waals surface area contributed by atoms with E-state index in [1.54, 1.807) is 12.1 Å². The maximum atomic E-state index is 13.2. The number of nitriles is 1. The Labute approximate surface area is 218 Å². The van der Waals surface area contributed by atoms with Gasteiger partial charge in [-0.05, 0) is 61.1 Å². The number of piperidine rings is 1. The molecule has 2 heterocycles. The summed E-state index contributed by atoms with van der Waals surface area (Å²) < 4.78 is 27.5. The molecule has 2 fully saturated rings. The normalized spacial score (nSPS) is 16.8. The van der Waals surface area contributed by atoms with Crippen molar-refractivity contribution in [3.8, 4) is 6.07 Å². The van der Waals surface area contributed by atoms with Gasteiger partial charge in [0, 0.05) is 51.5 Å². The summed E-state index contributed by atoms with van der Waals surface area (Å²) >= 11 is 0. The molecule has 2 saturated heterocycles. The molecule has 2 aliphatic rings. The topological polar surface area (TPSA) is 126 Å². The first-order valence-corrected chi connectivity index (χ1v) is 13.7. The van der Waals surface area contributed by atoms with E-state index in [1.807, 2.05) is 42.2 Å². The van der Waals surface area contributed by atoms with Crippen LogP contribution in [0.3, 0.4) is 0 Å². The van der Waals surface area contributed by atoms with Gasteiger partial charge in [-0.25, -0.2) is 4.79 Å². The van der Waals surface area contributed by atoms with Crippen LogP contribution in [0, 0.1) is 18.3 Å². The van der Waals surface area contributed by atoms with Gasteiger partial charge in [0.05, 0.1) is 17.7 Å². The van der Waals surface area contributed by atoms with E-state index in [9.17, 15) is 18.0 Å². The van der Waals surface area contributed by atoms with E-state index in [0.717, 1.165) is 22.7 Å². The van der Waals surface area contributed by atoms with Crippen LogP contribution in [0.15, 0.2) is 42.5 Å². The third kappa shape index (κ3) is 6.10. The van der Waals surface area contributed by atoms with Crippen molar-refractivity contribution in [1.29, 1.82) is 5.26 Å². The van der Waals surface area contributed by atoms with Crippen LogP contribution in [0.5, 0.6) is 0 Å². The zero-order valence-electron chi connectivity index (χ0n) is 21.3. The highest BCUT2D eigenvalue weighted by molar-refractivity contribution is 7.87. The summed E-state index contributed by atoms with van der Waals surface area (Å²) in [6.07, 6.45) is 1.70. The minimum Gasteiger partial charge on any atom is -0.339 e. The molecule has 0 bridgehead atoms. The maximum Gasteiger partial charge on any atom is 0.321 e. The number of carbonyl (C=O) groups is 2. The first-order chi connectivity index (χ1) is 17.6. The van der Waals surface area contributed by atoms with Crippen LogP contribution < -0.4 is 10.0 Å². The molecular formula is C26H32N6O4S. The number of nitrogens with one attached hydrogen (secondary N) is 2. The summed E-state index contributed by atoms with van der Waals surface area (Å²) in [5, 5.41) is 11.9. The van der Waals surface area contributed by atoms with Crippen LogP contribution in [0.25, 0.3) is 0 Å². The fourth-order valence-corrected chi connectivity index (χ4v) is 5.33. The molecule has 0 saturated carbocycles. The van der Waals surface area contributed by atoms with Crippen LogP contribution in [0.2, 0.25) is 0 Å². The summed E-state index contributed by atoms with van der Waals surface area (Å²) in [4.78, 5) is 29.3. The Hall–Kier alpha value is -3.46. The number of benzene rings is 2. The van der Waals surface area contributed by atoms with E-state index in [0.29, 0.717) is 35.8 Å². The van der Waals surface area contributed by atoms with E-state index in [-0.39, 0.29) is 31.1 Å². The largest absolute Gasteiger partial charge is 0.339 e. The van der Waals surface area contributed by atoms with Crippen LogP contribution in [0.1, 0.15) is 45.8 Å². The third-order valence-electron chi connectivity index (χ3n) is 6.98. The van der Waals surface area contributed by atoms with Gasteiger partial charge in [-0.15, -0.1) is 0 Å². The molecule has 2 N–H and O–H groups in total. The summed E-state index contributed by atoms with van der Waals surface area (Å²) in [6.45, 7) is 3.67. The van der Waals surface area contributed by atoms with E-state index < -0.39 is 10.2 Å². The summed E-state index contributed by atoms with van der Waals surface area (Å²) in [5.74, 6) is 0.281. The minimum atomic E-state index is -3.55. The SMILES string of the molecule is Cc1ccc(C(=O)N2CCC(c3ccc(C#N)cc3)CC2)cc1NC(=O)N1CC(NS(=O)(=O)N(C)C)C1. The highest BCUT2D eigenvalue weighted by atomic mass is 32.2. The second-order valence-corrected chi connectivity index (χ2v) is 11.7. The molecule has 0 aliphatic carbocycles. The molecule has 0 radical (unpaired) electrons. The molecule has 4 rings (SSSR count). The second kappa shape index (κ2) is 10.9. The molecule has 2 aliphatic heterocycles. The van der Waals surface area contributed by atoms with Crippen LogP contribution in [-0.2, 0) is 10.2 Å². The van der Waals surface area contributed by atoms with Gasteiger partial charge < -0.3 is 15.1 Å². The summed E-state index contributed by atoms with van der Waals surface area (Å²) in [6, 6.07) is 14.4. The molecule has 0 aromatic heterocycles. The Balaban J connectivity index is 1.32. The van der Waals surface area contributed by atoms with Crippen LogP contribution in [0.4, 0.5) is 10.5 Å². The molecule has 0 spiro atoms. The fraction of sp³-hybridized carbons (Fsp3) is 0.423. The number of hydrogen-bond acceptors (Lipinski definition) is 5. The van der Waals surface area contributed by atoms with Gasteiger partial charge in [0.25, 0.3) is 16.1 Å². The molecule has 11 heteroatoms. The number of aryl methyl sites for hydroxylation is 1. The predicted octanol–water partition coefficient (Wildman–Crippen LogP) is 2.50. The van der Waals surface area contributed by atoms with Crippen LogP contribution in [-0.4, -0.2) is 80.8 Å². The smallest absolute Gasteiger partial charge is 0.321 e. The van der Waals surface area contributed by atoms with E-state index in [1.165, 1.54) is 24.6 Å². The lowest BCUT2D eigenvalue weighted by Gasteiger charge is -2.39. The van der Waals surface area contributed by atoms with Crippen molar-refractivity contribution >= 4 is 27.8 Å². The fourth-order valence-electron chi connectivity index (χ4n) is 4.55. The average molecular weight is 525 g/mol. The Morgan fingerprint density at radius 1 is 1.03 bits per heavy atom. The average Bonchev–Trinajstić information content (AvgIpc) is 2.87. The van der Waals surface area contributed by atoms with Crippen molar-refractivity contribution in [2.24, 2.45) is 0 Å². The van der Waals surface area contributed by atoms with E-state index in [4.69, 9.17) is 5.26 Å². The quantitative estimate of drug-likeness (QED) is 0.601. The number of carbonyl (C=O) groups excluding carboxylic acids is 2. The monoisotopic (exact) mass is 524 g/mol. The van der Waals surface area contributed by atoms with Gasteiger partial charge in [0.1, 0.15) is 0 Å². The number of nitrogens with zero attached hydrogens (tertiary/aromatic N) is 4. The van der Waals surface area contributed by atoms with Crippen LogP contribution >= 0.6 is 0 Å². The summed E-state index contributed by atoms with van der Waals surface area (Å²) in [7, 11) is -0.661. The van der Waals surface area contributed by atoms with Crippen molar-refractivity contribution in [2.45, 2.75) is 31.7 Å². The van der Waals surface area contributed by atoms with E-state index >= 15 is 0 Å². The van der Waals surface area contributed by atoms with Crippen molar-refractivity contribution in [3.05, 3.63) is 64.7 Å². The Morgan fingerprint density at radius 3 is 2.27 bits per heavy atom. The molecule has 10 nitrogen and oxygen atoms in total. The number of hydrogen-bond donors (Lipinski definition) is 2. The number of rotatable bonds is 6. The van der Waals surface area contributed by atoms with Crippen molar-refractivity contribution < 1.29 is 18.0 Å². The third-order valence-corrected chi connectivity index (χ3v) is 8.58. The molecule has 196 valence electrons. The number of urea groups is 1. The van der Waals surface area contributed by atoms with Gasteiger partial charge >= 0.3 is 6.03 Å². The molecule has 0 unspecified atom stereocenters. The lowest BCUT2D eigenvalue weighted by atomic mass is 9.89. The standard InChI is InChI=1S/C26H32N6O4S/c1-18-4-7-22(14-24(18)28-26(34)32-16-23(17-32)29-37(35,36)30(2)3)25(33)31-12-10-21(11-13-31)20-8-5-19(15-27)6-9-20/h4-9,14,21,23,29H,10-13,16-17H2,1-3H3,(H,28,34). The van der Waals surface area contributed by atoms with Crippen molar-refractivity contribution in [3.63, 3.8) is 0 Å². The van der Waals surface area contributed by atoms with Gasteiger partial charge in [0.2, 0.25) is 0 Å².